The summed E-state index contributed by atoms with van der Waals surface area (Å²) in [6.45, 7) is 0. The van der Waals surface area contributed by atoms with Gasteiger partial charge in [-0.25, -0.2) is 9.37 Å². The first-order valence-corrected chi connectivity index (χ1v) is 7.00. The highest BCUT2D eigenvalue weighted by Crippen LogP contribution is 2.24. The molecule has 0 aliphatic rings. The van der Waals surface area contributed by atoms with E-state index in [4.69, 9.17) is 11.6 Å². The number of nitrogens with zero attached hydrogens (tertiary/aromatic N) is 2. The largest absolute Gasteiger partial charge is 0.295 e. The fraction of sp³-hybridized carbons (Fsp3) is 0.0714. The summed E-state index contributed by atoms with van der Waals surface area (Å²) in [5.41, 5.74) is 2.41. The second kappa shape index (κ2) is 4.94. The van der Waals surface area contributed by atoms with Crippen LogP contribution in [0, 0.1) is 5.82 Å². The molecule has 0 bridgehead atoms. The van der Waals surface area contributed by atoms with Crippen molar-refractivity contribution in [2.45, 2.75) is 5.88 Å². The molecule has 5 heteroatoms. The zero-order chi connectivity index (χ0) is 13.4. The average Bonchev–Trinajstić information content (AvgIpc) is 2.77. The Labute approximate surface area is 123 Å². The van der Waals surface area contributed by atoms with E-state index in [1.165, 1.54) is 12.1 Å². The third-order valence-corrected chi connectivity index (χ3v) is 3.66. The number of alkyl halides is 1. The molecule has 2 nitrogen and oxygen atoms in total. The summed E-state index contributed by atoms with van der Waals surface area (Å²) in [6.07, 6.45) is 0. The molecular formula is C14H9BrClFN2. The first-order valence-electron chi connectivity index (χ1n) is 5.68. The van der Waals surface area contributed by atoms with Gasteiger partial charge in [0, 0.05) is 16.2 Å². The normalized spacial score (nSPS) is 11.1. The second-order valence-corrected chi connectivity index (χ2v) is 5.29. The van der Waals surface area contributed by atoms with Crippen molar-refractivity contribution in [3.8, 4) is 5.69 Å². The van der Waals surface area contributed by atoms with Gasteiger partial charge in [0.2, 0.25) is 0 Å². The number of rotatable bonds is 2. The number of aromatic nitrogens is 2. The third-order valence-electron chi connectivity index (χ3n) is 2.89. The van der Waals surface area contributed by atoms with Crippen molar-refractivity contribution >= 4 is 38.6 Å². The van der Waals surface area contributed by atoms with Crippen molar-refractivity contribution in [2.75, 3.05) is 0 Å². The highest BCUT2D eigenvalue weighted by molar-refractivity contribution is 9.10. The topological polar surface area (TPSA) is 17.8 Å². The summed E-state index contributed by atoms with van der Waals surface area (Å²) >= 11 is 9.34. The van der Waals surface area contributed by atoms with Crippen molar-refractivity contribution in [3.05, 3.63) is 58.6 Å². The number of fused-ring (bicyclic) bond motifs is 1. The Hall–Kier alpha value is -1.39. The number of halogens is 3. The van der Waals surface area contributed by atoms with Gasteiger partial charge in [-0.2, -0.15) is 0 Å². The Morgan fingerprint density at radius 2 is 1.89 bits per heavy atom. The van der Waals surface area contributed by atoms with Gasteiger partial charge < -0.3 is 0 Å². The smallest absolute Gasteiger partial charge is 0.129 e. The van der Waals surface area contributed by atoms with Gasteiger partial charge in [-0.05, 0) is 36.4 Å². The van der Waals surface area contributed by atoms with E-state index in [2.05, 4.69) is 20.9 Å². The van der Waals surface area contributed by atoms with Crippen LogP contribution >= 0.6 is 27.5 Å². The van der Waals surface area contributed by atoms with Gasteiger partial charge in [-0.1, -0.05) is 15.9 Å². The first-order chi connectivity index (χ1) is 9.19. The number of hydrogen-bond acceptors (Lipinski definition) is 1. The fourth-order valence-electron chi connectivity index (χ4n) is 2.07. The van der Waals surface area contributed by atoms with Crippen LogP contribution in [0.1, 0.15) is 5.82 Å². The third kappa shape index (κ3) is 2.26. The molecule has 0 fully saturated rings. The number of imidazole rings is 1. The van der Waals surface area contributed by atoms with E-state index in [1.807, 2.05) is 28.8 Å². The second-order valence-electron chi connectivity index (χ2n) is 4.11. The van der Waals surface area contributed by atoms with Crippen LogP contribution in [0.15, 0.2) is 46.9 Å². The van der Waals surface area contributed by atoms with Gasteiger partial charge in [0.15, 0.2) is 0 Å². The summed E-state index contributed by atoms with van der Waals surface area (Å²) in [5, 5.41) is 0. The molecule has 0 saturated carbocycles. The Bertz CT molecular complexity index is 737. The molecule has 0 atom stereocenters. The molecule has 0 saturated heterocycles. The average molecular weight is 340 g/mol. The molecule has 3 aromatic rings. The van der Waals surface area contributed by atoms with Gasteiger partial charge in [0.25, 0.3) is 0 Å². The van der Waals surface area contributed by atoms with Crippen LogP contribution in [-0.2, 0) is 5.88 Å². The van der Waals surface area contributed by atoms with E-state index < -0.39 is 0 Å². The lowest BCUT2D eigenvalue weighted by Crippen LogP contribution is -1.98. The molecule has 0 radical (unpaired) electrons. The van der Waals surface area contributed by atoms with E-state index in [0.29, 0.717) is 11.3 Å². The van der Waals surface area contributed by atoms with E-state index in [-0.39, 0.29) is 11.7 Å². The van der Waals surface area contributed by atoms with Crippen LogP contribution in [0.3, 0.4) is 0 Å². The van der Waals surface area contributed by atoms with Crippen LogP contribution in [0.25, 0.3) is 16.7 Å². The van der Waals surface area contributed by atoms with Gasteiger partial charge in [0.05, 0.1) is 16.9 Å². The lowest BCUT2D eigenvalue weighted by molar-refractivity contribution is 0.629. The SMILES string of the molecule is Fc1ccc2c(c1)nc(CCl)n2-c1ccc(Br)cc1. The minimum absolute atomic E-state index is 0.270. The Balaban J connectivity index is 2.29. The van der Waals surface area contributed by atoms with Gasteiger partial charge in [0.1, 0.15) is 11.6 Å². The molecule has 0 spiro atoms. The molecule has 0 amide bonds. The Morgan fingerprint density at radius 1 is 1.16 bits per heavy atom. The monoisotopic (exact) mass is 338 g/mol. The van der Waals surface area contributed by atoms with Gasteiger partial charge in [-0.15, -0.1) is 11.6 Å². The summed E-state index contributed by atoms with van der Waals surface area (Å²) in [4.78, 5) is 4.37. The zero-order valence-corrected chi connectivity index (χ0v) is 12.1. The van der Waals surface area contributed by atoms with Crippen molar-refractivity contribution in [1.29, 1.82) is 0 Å². The molecule has 1 heterocycles. The van der Waals surface area contributed by atoms with Crippen molar-refractivity contribution in [2.24, 2.45) is 0 Å². The minimum Gasteiger partial charge on any atom is -0.295 e. The highest BCUT2D eigenvalue weighted by atomic mass is 79.9. The molecule has 2 aromatic carbocycles. The van der Waals surface area contributed by atoms with Crippen LogP contribution in [0.4, 0.5) is 4.39 Å². The van der Waals surface area contributed by atoms with Crippen LogP contribution in [-0.4, -0.2) is 9.55 Å². The number of hydrogen-bond donors (Lipinski definition) is 0. The summed E-state index contributed by atoms with van der Waals surface area (Å²) in [5.74, 6) is 0.672. The zero-order valence-electron chi connectivity index (χ0n) is 9.78. The van der Waals surface area contributed by atoms with Crippen LogP contribution in [0.5, 0.6) is 0 Å². The minimum atomic E-state index is -0.297. The van der Waals surface area contributed by atoms with E-state index >= 15 is 0 Å². The lowest BCUT2D eigenvalue weighted by Gasteiger charge is -2.07. The van der Waals surface area contributed by atoms with Crippen LogP contribution < -0.4 is 0 Å². The molecule has 19 heavy (non-hydrogen) atoms. The molecule has 0 N–H and O–H groups in total. The summed E-state index contributed by atoms with van der Waals surface area (Å²) in [6, 6.07) is 12.4. The predicted molar refractivity (Wildman–Crippen MR) is 78.3 cm³/mol. The molecule has 96 valence electrons. The number of benzene rings is 2. The van der Waals surface area contributed by atoms with Crippen LogP contribution in [0.2, 0.25) is 0 Å². The quantitative estimate of drug-likeness (QED) is 0.621. The molecule has 0 aliphatic carbocycles. The van der Waals surface area contributed by atoms with Crippen molar-refractivity contribution < 1.29 is 4.39 Å². The highest BCUT2D eigenvalue weighted by Gasteiger charge is 2.12. The lowest BCUT2D eigenvalue weighted by atomic mass is 10.2. The summed E-state index contributed by atoms with van der Waals surface area (Å²) in [7, 11) is 0. The van der Waals surface area contributed by atoms with Crippen molar-refractivity contribution in [1.82, 2.24) is 9.55 Å². The maximum Gasteiger partial charge on any atom is 0.129 e. The molecule has 1 aromatic heterocycles. The fourth-order valence-corrected chi connectivity index (χ4v) is 2.51. The Kier molecular flexibility index (Phi) is 3.29. The van der Waals surface area contributed by atoms with E-state index in [9.17, 15) is 4.39 Å². The molecule has 3 rings (SSSR count). The Morgan fingerprint density at radius 3 is 2.58 bits per heavy atom. The maximum absolute atomic E-state index is 13.2. The van der Waals surface area contributed by atoms with Crippen molar-refractivity contribution in [3.63, 3.8) is 0 Å². The standard InChI is InChI=1S/C14H9BrClFN2/c15-9-1-4-11(5-2-9)19-13-6-3-10(17)7-12(13)18-14(19)8-16/h1-7H,8H2. The molecule has 0 aliphatic heterocycles. The van der Waals surface area contributed by atoms with Gasteiger partial charge in [-0.3, -0.25) is 4.57 Å². The van der Waals surface area contributed by atoms with E-state index in [0.717, 1.165) is 15.7 Å². The molecule has 0 unspecified atom stereocenters. The van der Waals surface area contributed by atoms with E-state index in [1.54, 1.807) is 6.07 Å². The molecular weight excluding hydrogens is 331 g/mol. The maximum atomic E-state index is 13.2. The van der Waals surface area contributed by atoms with Gasteiger partial charge >= 0.3 is 0 Å². The summed E-state index contributed by atoms with van der Waals surface area (Å²) < 4.78 is 16.2. The first kappa shape index (κ1) is 12.6. The predicted octanol–water partition coefficient (Wildman–Crippen LogP) is 4.67.